The zero-order valence-electron chi connectivity index (χ0n) is 10.4. The van der Waals surface area contributed by atoms with Gasteiger partial charge < -0.3 is 5.11 Å². The summed E-state index contributed by atoms with van der Waals surface area (Å²) in [6.45, 7) is 0. The number of anilines is 1. The van der Waals surface area contributed by atoms with Gasteiger partial charge in [-0.1, -0.05) is 23.7 Å². The molecule has 2 aromatic rings. The lowest BCUT2D eigenvalue weighted by molar-refractivity contribution is 0.0696. The van der Waals surface area contributed by atoms with Gasteiger partial charge in [0.2, 0.25) is 0 Å². The van der Waals surface area contributed by atoms with Crippen molar-refractivity contribution >= 4 is 33.3 Å². The van der Waals surface area contributed by atoms with E-state index in [1.54, 1.807) is 0 Å². The maximum absolute atomic E-state index is 13.5. The maximum Gasteiger partial charge on any atom is 0.335 e. The monoisotopic (exact) mass is 329 g/mol. The number of carboxylic acids is 1. The van der Waals surface area contributed by atoms with Crippen molar-refractivity contribution in [3.8, 4) is 0 Å². The Balaban J connectivity index is 2.47. The molecule has 0 saturated carbocycles. The van der Waals surface area contributed by atoms with Crippen LogP contribution >= 0.6 is 11.6 Å². The third kappa shape index (κ3) is 3.32. The van der Waals surface area contributed by atoms with Crippen molar-refractivity contribution in [2.75, 3.05) is 4.72 Å². The van der Waals surface area contributed by atoms with Crippen LogP contribution in [-0.2, 0) is 10.0 Å². The number of rotatable bonds is 4. The largest absolute Gasteiger partial charge is 0.478 e. The van der Waals surface area contributed by atoms with Crippen molar-refractivity contribution in [1.82, 2.24) is 0 Å². The molecule has 8 heteroatoms. The van der Waals surface area contributed by atoms with Gasteiger partial charge in [-0.25, -0.2) is 17.6 Å². The molecule has 0 radical (unpaired) electrons. The number of aromatic carboxylic acids is 1. The molecular weight excluding hydrogens is 321 g/mol. The van der Waals surface area contributed by atoms with Crippen LogP contribution in [0.4, 0.5) is 10.1 Å². The molecule has 5 nitrogen and oxygen atoms in total. The molecule has 0 amide bonds. The maximum atomic E-state index is 13.5. The van der Waals surface area contributed by atoms with Gasteiger partial charge in [0, 0.05) is 0 Å². The SMILES string of the molecule is O=C(O)c1ccc(Cl)c(S(=O)(=O)Nc2ccccc2F)c1. The Morgan fingerprint density at radius 3 is 2.48 bits per heavy atom. The average Bonchev–Trinajstić information content (AvgIpc) is 2.41. The molecule has 21 heavy (non-hydrogen) atoms. The molecule has 0 bridgehead atoms. The van der Waals surface area contributed by atoms with E-state index in [1.165, 1.54) is 24.3 Å². The zero-order chi connectivity index (χ0) is 15.6. The summed E-state index contributed by atoms with van der Waals surface area (Å²) in [5.41, 5.74) is -0.498. The molecule has 2 rings (SSSR count). The number of benzene rings is 2. The number of carboxylic acid groups (broad SMARTS) is 1. The molecule has 0 atom stereocenters. The van der Waals surface area contributed by atoms with E-state index >= 15 is 0 Å². The summed E-state index contributed by atoms with van der Waals surface area (Å²) in [5.74, 6) is -2.06. The van der Waals surface area contributed by atoms with Crippen molar-refractivity contribution in [3.63, 3.8) is 0 Å². The highest BCUT2D eigenvalue weighted by atomic mass is 35.5. The Morgan fingerprint density at radius 2 is 1.86 bits per heavy atom. The van der Waals surface area contributed by atoms with Crippen LogP contribution < -0.4 is 4.72 Å². The van der Waals surface area contributed by atoms with E-state index in [4.69, 9.17) is 16.7 Å². The first kappa shape index (κ1) is 15.3. The van der Waals surface area contributed by atoms with Crippen molar-refractivity contribution in [1.29, 1.82) is 0 Å². The summed E-state index contributed by atoms with van der Waals surface area (Å²) < 4.78 is 39.9. The number of nitrogens with one attached hydrogen (secondary N) is 1. The minimum atomic E-state index is -4.21. The highest BCUT2D eigenvalue weighted by Gasteiger charge is 2.21. The van der Waals surface area contributed by atoms with Crippen molar-refractivity contribution in [3.05, 3.63) is 58.9 Å². The van der Waals surface area contributed by atoms with Crippen LogP contribution in [0.3, 0.4) is 0 Å². The summed E-state index contributed by atoms with van der Waals surface area (Å²) in [6.07, 6.45) is 0. The molecule has 0 saturated heterocycles. The Morgan fingerprint density at radius 1 is 1.19 bits per heavy atom. The van der Waals surface area contributed by atoms with Crippen LogP contribution in [0.15, 0.2) is 47.4 Å². The lowest BCUT2D eigenvalue weighted by Crippen LogP contribution is -2.15. The third-order valence-corrected chi connectivity index (χ3v) is 4.43. The highest BCUT2D eigenvalue weighted by Crippen LogP contribution is 2.26. The number of sulfonamides is 1. The molecule has 0 unspecified atom stereocenters. The Bertz CT molecular complexity index is 808. The van der Waals surface area contributed by atoms with Gasteiger partial charge in [0.1, 0.15) is 10.7 Å². The van der Waals surface area contributed by atoms with Gasteiger partial charge >= 0.3 is 5.97 Å². The fourth-order valence-corrected chi connectivity index (χ4v) is 3.18. The van der Waals surface area contributed by atoms with E-state index in [1.807, 2.05) is 4.72 Å². The van der Waals surface area contributed by atoms with E-state index in [0.717, 1.165) is 18.2 Å². The van der Waals surface area contributed by atoms with E-state index in [-0.39, 0.29) is 16.3 Å². The molecule has 2 N–H and O–H groups in total. The van der Waals surface area contributed by atoms with Crippen LogP contribution in [0.1, 0.15) is 10.4 Å². The van der Waals surface area contributed by atoms with E-state index in [0.29, 0.717) is 0 Å². The van der Waals surface area contributed by atoms with Crippen LogP contribution in [0.2, 0.25) is 5.02 Å². The Labute approximate surface area is 125 Å². The number of halogens is 2. The molecule has 2 aromatic carbocycles. The summed E-state index contributed by atoms with van der Waals surface area (Å²) in [4.78, 5) is 10.4. The summed E-state index contributed by atoms with van der Waals surface area (Å²) in [7, 11) is -4.21. The summed E-state index contributed by atoms with van der Waals surface area (Å²) in [6, 6.07) is 8.43. The second-order valence-electron chi connectivity index (χ2n) is 4.04. The molecule has 0 aliphatic carbocycles. The number of hydrogen-bond donors (Lipinski definition) is 2. The predicted octanol–water partition coefficient (Wildman–Crippen LogP) is 2.98. The number of para-hydroxylation sites is 1. The minimum absolute atomic E-state index is 0.163. The molecule has 0 aliphatic rings. The molecule has 0 aliphatic heterocycles. The fraction of sp³-hybridized carbons (Fsp3) is 0. The van der Waals surface area contributed by atoms with Gasteiger partial charge in [-0.2, -0.15) is 0 Å². The molecular formula is C13H9ClFNO4S. The van der Waals surface area contributed by atoms with E-state index in [2.05, 4.69) is 0 Å². The lowest BCUT2D eigenvalue weighted by atomic mass is 10.2. The topological polar surface area (TPSA) is 83.5 Å². The van der Waals surface area contributed by atoms with E-state index < -0.39 is 26.7 Å². The van der Waals surface area contributed by atoms with Crippen LogP contribution in [0.5, 0.6) is 0 Å². The predicted molar refractivity (Wildman–Crippen MR) is 75.6 cm³/mol. The van der Waals surface area contributed by atoms with Crippen molar-refractivity contribution < 1.29 is 22.7 Å². The summed E-state index contributed by atoms with van der Waals surface area (Å²) >= 11 is 5.79. The lowest BCUT2D eigenvalue weighted by Gasteiger charge is -2.10. The number of carbonyl (C=O) groups is 1. The quantitative estimate of drug-likeness (QED) is 0.903. The van der Waals surface area contributed by atoms with Gasteiger partial charge in [0.25, 0.3) is 10.0 Å². The van der Waals surface area contributed by atoms with Crippen LogP contribution in [-0.4, -0.2) is 19.5 Å². The standard InChI is InChI=1S/C13H9ClFNO4S/c14-9-6-5-8(13(17)18)7-12(9)21(19,20)16-11-4-2-1-3-10(11)15/h1-7,16H,(H,17,18). The number of hydrogen-bond acceptors (Lipinski definition) is 3. The first-order chi connectivity index (χ1) is 9.81. The smallest absolute Gasteiger partial charge is 0.335 e. The van der Waals surface area contributed by atoms with Crippen LogP contribution in [0.25, 0.3) is 0 Å². The fourth-order valence-electron chi connectivity index (χ4n) is 1.59. The second-order valence-corrected chi connectivity index (χ2v) is 6.09. The minimum Gasteiger partial charge on any atom is -0.478 e. The van der Waals surface area contributed by atoms with Gasteiger partial charge in [0.15, 0.2) is 0 Å². The van der Waals surface area contributed by atoms with Gasteiger partial charge in [-0.05, 0) is 30.3 Å². The summed E-state index contributed by atoms with van der Waals surface area (Å²) in [5, 5.41) is 8.72. The normalized spacial score (nSPS) is 11.1. The first-order valence-corrected chi connectivity index (χ1v) is 7.47. The van der Waals surface area contributed by atoms with Gasteiger partial charge in [0.05, 0.1) is 16.3 Å². The molecule has 0 spiro atoms. The molecule has 110 valence electrons. The van der Waals surface area contributed by atoms with Gasteiger partial charge in [-0.15, -0.1) is 0 Å². The Hall–Kier alpha value is -2.12. The zero-order valence-corrected chi connectivity index (χ0v) is 12.0. The Kier molecular flexibility index (Phi) is 4.15. The second kappa shape index (κ2) is 5.71. The van der Waals surface area contributed by atoms with Crippen LogP contribution in [0, 0.1) is 5.82 Å². The molecule has 0 aromatic heterocycles. The van der Waals surface area contributed by atoms with E-state index in [9.17, 15) is 17.6 Å². The molecule has 0 fully saturated rings. The average molecular weight is 330 g/mol. The highest BCUT2D eigenvalue weighted by molar-refractivity contribution is 7.92. The van der Waals surface area contributed by atoms with Crippen molar-refractivity contribution in [2.24, 2.45) is 0 Å². The first-order valence-electron chi connectivity index (χ1n) is 5.61. The molecule has 0 heterocycles. The third-order valence-electron chi connectivity index (χ3n) is 2.59. The van der Waals surface area contributed by atoms with Gasteiger partial charge in [-0.3, -0.25) is 4.72 Å². The van der Waals surface area contributed by atoms with Crippen molar-refractivity contribution in [2.45, 2.75) is 4.90 Å².